The van der Waals surface area contributed by atoms with E-state index in [0.29, 0.717) is 6.61 Å². The number of hydrogen-bond donors (Lipinski definition) is 0. The molecule has 0 aliphatic heterocycles. The molecule has 0 spiro atoms. The summed E-state index contributed by atoms with van der Waals surface area (Å²) in [6.45, 7) is 5.98. The highest BCUT2D eigenvalue weighted by Gasteiger charge is 2.15. The molecule has 230 valence electrons. The van der Waals surface area contributed by atoms with Crippen LogP contribution in [0.5, 0.6) is 11.5 Å². The summed E-state index contributed by atoms with van der Waals surface area (Å²) in [5.74, 6) is 1.70. The number of para-hydroxylation sites is 1. The standard InChI is InChI=1S/C39H57NO2/c1-3-4-5-6-7-8-9-10-11-12-13-21-31-40(32-22-20-26-35-24-16-14-17-25-35)33-37-29-23-30-38(41-2)39(37)42-34-36-27-18-15-19-28-36/h14-19,23-25,27-30H,3-13,20-22,26,31-34H2,1-2H3. The van der Waals surface area contributed by atoms with Gasteiger partial charge in [0, 0.05) is 12.1 Å². The lowest BCUT2D eigenvalue weighted by molar-refractivity contribution is 0.239. The van der Waals surface area contributed by atoms with E-state index in [-0.39, 0.29) is 0 Å². The average Bonchev–Trinajstić information content (AvgIpc) is 3.03. The van der Waals surface area contributed by atoms with Crippen LogP contribution in [0.2, 0.25) is 0 Å². The summed E-state index contributed by atoms with van der Waals surface area (Å²) < 4.78 is 12.1. The highest BCUT2D eigenvalue weighted by Crippen LogP contribution is 2.33. The number of rotatable bonds is 24. The molecule has 0 heterocycles. The summed E-state index contributed by atoms with van der Waals surface area (Å²) in [4.78, 5) is 2.64. The van der Waals surface area contributed by atoms with E-state index >= 15 is 0 Å². The second-order valence-corrected chi connectivity index (χ2v) is 11.8. The van der Waals surface area contributed by atoms with Gasteiger partial charge < -0.3 is 9.47 Å². The molecule has 0 unspecified atom stereocenters. The molecule has 0 aliphatic carbocycles. The average molecular weight is 572 g/mol. The zero-order valence-corrected chi connectivity index (χ0v) is 26.7. The van der Waals surface area contributed by atoms with Crippen LogP contribution in [0.4, 0.5) is 0 Å². The highest BCUT2D eigenvalue weighted by atomic mass is 16.5. The molecule has 0 bridgehead atoms. The molecule has 3 rings (SSSR count). The van der Waals surface area contributed by atoms with Gasteiger partial charge >= 0.3 is 0 Å². The third kappa shape index (κ3) is 13.9. The topological polar surface area (TPSA) is 21.7 Å². The molecule has 42 heavy (non-hydrogen) atoms. The van der Waals surface area contributed by atoms with E-state index in [9.17, 15) is 0 Å². The van der Waals surface area contributed by atoms with Gasteiger partial charge in [0.2, 0.25) is 0 Å². The molecule has 0 radical (unpaired) electrons. The van der Waals surface area contributed by atoms with Crippen molar-refractivity contribution in [1.82, 2.24) is 4.90 Å². The Bertz CT molecular complexity index is 1050. The smallest absolute Gasteiger partial charge is 0.166 e. The van der Waals surface area contributed by atoms with E-state index in [1.165, 1.54) is 107 Å². The van der Waals surface area contributed by atoms with Crippen molar-refractivity contribution in [2.24, 2.45) is 0 Å². The molecule has 0 saturated heterocycles. The minimum Gasteiger partial charge on any atom is -0.493 e. The molecule has 0 aromatic heterocycles. The Kier molecular flexibility index (Phi) is 17.5. The molecule has 3 nitrogen and oxygen atoms in total. The molecule has 0 N–H and O–H groups in total. The largest absolute Gasteiger partial charge is 0.493 e. The van der Waals surface area contributed by atoms with Gasteiger partial charge in [-0.05, 0) is 56.0 Å². The fourth-order valence-electron chi connectivity index (χ4n) is 5.74. The maximum atomic E-state index is 6.39. The number of unbranched alkanes of at least 4 members (excludes halogenated alkanes) is 12. The van der Waals surface area contributed by atoms with Crippen molar-refractivity contribution in [3.8, 4) is 11.5 Å². The van der Waals surface area contributed by atoms with Crippen LogP contribution in [0, 0.1) is 0 Å². The van der Waals surface area contributed by atoms with E-state index < -0.39 is 0 Å². The first-order valence-electron chi connectivity index (χ1n) is 16.9. The van der Waals surface area contributed by atoms with Crippen LogP contribution in [-0.2, 0) is 19.6 Å². The summed E-state index contributed by atoms with van der Waals surface area (Å²) in [5, 5.41) is 0. The maximum Gasteiger partial charge on any atom is 0.166 e. The van der Waals surface area contributed by atoms with Crippen LogP contribution >= 0.6 is 0 Å². The number of ether oxygens (including phenoxy) is 2. The molecule has 0 amide bonds. The van der Waals surface area contributed by atoms with Gasteiger partial charge in [0.1, 0.15) is 6.61 Å². The minimum absolute atomic E-state index is 0.546. The molecule has 0 fully saturated rings. The number of nitrogens with zero attached hydrogens (tertiary/aromatic N) is 1. The molecule has 0 aliphatic rings. The lowest BCUT2D eigenvalue weighted by atomic mass is 10.0. The minimum atomic E-state index is 0.546. The van der Waals surface area contributed by atoms with E-state index in [0.717, 1.165) is 37.6 Å². The Morgan fingerprint density at radius 3 is 1.69 bits per heavy atom. The van der Waals surface area contributed by atoms with Gasteiger partial charge in [-0.15, -0.1) is 0 Å². The van der Waals surface area contributed by atoms with Crippen LogP contribution < -0.4 is 9.47 Å². The van der Waals surface area contributed by atoms with E-state index in [4.69, 9.17) is 9.47 Å². The number of benzene rings is 3. The Hall–Kier alpha value is -2.78. The van der Waals surface area contributed by atoms with E-state index in [1.807, 2.05) is 12.1 Å². The predicted molar refractivity (Wildman–Crippen MR) is 180 cm³/mol. The van der Waals surface area contributed by atoms with Crippen molar-refractivity contribution in [2.75, 3.05) is 20.2 Å². The van der Waals surface area contributed by atoms with Gasteiger partial charge in [-0.25, -0.2) is 0 Å². The second-order valence-electron chi connectivity index (χ2n) is 11.8. The first-order valence-corrected chi connectivity index (χ1v) is 16.9. The SMILES string of the molecule is CCCCCCCCCCCCCCN(CCCCc1ccccc1)Cc1cccc(OC)c1OCc1ccccc1. The van der Waals surface area contributed by atoms with Crippen molar-refractivity contribution in [3.05, 3.63) is 95.6 Å². The summed E-state index contributed by atoms with van der Waals surface area (Å²) in [6.07, 6.45) is 20.2. The fourth-order valence-corrected chi connectivity index (χ4v) is 5.74. The molecular formula is C39H57NO2. The van der Waals surface area contributed by atoms with Crippen LogP contribution in [-0.4, -0.2) is 25.1 Å². The van der Waals surface area contributed by atoms with Crippen LogP contribution in [0.25, 0.3) is 0 Å². The fraction of sp³-hybridized carbons (Fsp3) is 0.538. The third-order valence-electron chi connectivity index (χ3n) is 8.26. The summed E-state index contributed by atoms with van der Waals surface area (Å²) in [6, 6.07) is 27.6. The molecule has 3 aromatic carbocycles. The Labute approximate surface area is 257 Å². The van der Waals surface area contributed by atoms with Gasteiger partial charge in [0.05, 0.1) is 7.11 Å². The molecule has 0 saturated carbocycles. The van der Waals surface area contributed by atoms with Crippen molar-refractivity contribution in [2.45, 2.75) is 116 Å². The third-order valence-corrected chi connectivity index (χ3v) is 8.26. The Balaban J connectivity index is 1.49. The normalized spacial score (nSPS) is 11.2. The van der Waals surface area contributed by atoms with Gasteiger partial charge in [-0.1, -0.05) is 150 Å². The lowest BCUT2D eigenvalue weighted by Crippen LogP contribution is -2.26. The first kappa shape index (κ1) is 33.7. The van der Waals surface area contributed by atoms with E-state index in [2.05, 4.69) is 78.6 Å². The second kappa shape index (κ2) is 21.9. The number of methoxy groups -OCH3 is 1. The van der Waals surface area contributed by atoms with Crippen molar-refractivity contribution < 1.29 is 9.47 Å². The van der Waals surface area contributed by atoms with Gasteiger partial charge in [0.15, 0.2) is 11.5 Å². The van der Waals surface area contributed by atoms with Crippen LogP contribution in [0.1, 0.15) is 114 Å². The predicted octanol–water partition coefficient (Wildman–Crippen LogP) is 10.8. The van der Waals surface area contributed by atoms with E-state index in [1.54, 1.807) is 7.11 Å². The molecule has 3 heteroatoms. The van der Waals surface area contributed by atoms with Crippen molar-refractivity contribution in [3.63, 3.8) is 0 Å². The van der Waals surface area contributed by atoms with Crippen molar-refractivity contribution >= 4 is 0 Å². The summed E-state index contributed by atoms with van der Waals surface area (Å²) >= 11 is 0. The van der Waals surface area contributed by atoms with Gasteiger partial charge in [-0.2, -0.15) is 0 Å². The zero-order chi connectivity index (χ0) is 29.5. The van der Waals surface area contributed by atoms with Crippen LogP contribution in [0.15, 0.2) is 78.9 Å². The summed E-state index contributed by atoms with van der Waals surface area (Å²) in [7, 11) is 1.74. The maximum absolute atomic E-state index is 6.39. The molecule has 0 atom stereocenters. The quantitative estimate of drug-likeness (QED) is 0.0998. The van der Waals surface area contributed by atoms with Crippen molar-refractivity contribution in [1.29, 1.82) is 0 Å². The molecule has 3 aromatic rings. The highest BCUT2D eigenvalue weighted by molar-refractivity contribution is 5.46. The van der Waals surface area contributed by atoms with Gasteiger partial charge in [-0.3, -0.25) is 4.90 Å². The summed E-state index contributed by atoms with van der Waals surface area (Å²) in [5.41, 5.74) is 3.82. The molecular weight excluding hydrogens is 514 g/mol. The van der Waals surface area contributed by atoms with Crippen LogP contribution in [0.3, 0.4) is 0 Å². The Morgan fingerprint density at radius 1 is 0.548 bits per heavy atom. The lowest BCUT2D eigenvalue weighted by Gasteiger charge is -2.24. The van der Waals surface area contributed by atoms with Gasteiger partial charge in [0.25, 0.3) is 0 Å². The monoisotopic (exact) mass is 571 g/mol. The zero-order valence-electron chi connectivity index (χ0n) is 26.7. The Morgan fingerprint density at radius 2 is 1.10 bits per heavy atom. The number of hydrogen-bond acceptors (Lipinski definition) is 3. The first-order chi connectivity index (χ1) is 20.8. The number of aryl methyl sites for hydroxylation is 1.